The van der Waals surface area contributed by atoms with E-state index in [4.69, 9.17) is 9.47 Å². The average Bonchev–Trinajstić information content (AvgIpc) is 3.17. The number of benzene rings is 4. The number of thioether (sulfide) groups is 1. The molecule has 2 amide bonds. The Kier molecular flexibility index (Phi) is 15.4. The molecule has 1 aliphatic rings. The summed E-state index contributed by atoms with van der Waals surface area (Å²) in [4.78, 5) is 40.3. The van der Waals surface area contributed by atoms with Gasteiger partial charge in [-0.15, -0.1) is 0 Å². The Hall–Kier alpha value is -4.86. The van der Waals surface area contributed by atoms with E-state index in [0.29, 0.717) is 38.0 Å². The van der Waals surface area contributed by atoms with Gasteiger partial charge in [0.05, 0.1) is 30.5 Å². The van der Waals surface area contributed by atoms with Crippen molar-refractivity contribution in [1.29, 1.82) is 0 Å². The molecule has 0 saturated carbocycles. The van der Waals surface area contributed by atoms with Crippen LogP contribution in [0.25, 0.3) is 0 Å². The number of hydrogen-bond acceptors (Lipinski definition) is 7. The molecule has 4 aromatic rings. The molecule has 0 radical (unpaired) electrons. The Morgan fingerprint density at radius 2 is 1.42 bits per heavy atom. The van der Waals surface area contributed by atoms with E-state index in [0.717, 1.165) is 33.8 Å². The van der Waals surface area contributed by atoms with Crippen LogP contribution in [0.15, 0.2) is 127 Å². The first kappa shape index (κ1) is 38.4. The third kappa shape index (κ3) is 13.0. The van der Waals surface area contributed by atoms with Crippen LogP contribution in [0.5, 0.6) is 5.75 Å². The van der Waals surface area contributed by atoms with Crippen LogP contribution in [-0.4, -0.2) is 53.9 Å². The topological polar surface area (TPSA) is 114 Å². The van der Waals surface area contributed by atoms with E-state index in [2.05, 4.69) is 22.8 Å². The van der Waals surface area contributed by atoms with E-state index in [1.165, 1.54) is 0 Å². The van der Waals surface area contributed by atoms with E-state index in [-0.39, 0.29) is 43.3 Å². The monoisotopic (exact) mass is 720 g/mol. The minimum absolute atomic E-state index is 0.0446. The highest BCUT2D eigenvalue weighted by molar-refractivity contribution is 7.98. The molecule has 9 heteroatoms. The van der Waals surface area contributed by atoms with Crippen molar-refractivity contribution in [3.63, 3.8) is 0 Å². The fourth-order valence-electron chi connectivity index (χ4n) is 6.03. The van der Waals surface area contributed by atoms with Crippen molar-refractivity contribution >= 4 is 29.5 Å². The van der Waals surface area contributed by atoms with E-state index < -0.39 is 18.0 Å². The van der Waals surface area contributed by atoms with Gasteiger partial charge in [-0.05, 0) is 60.1 Å². The number of ether oxygens (including phenoxy) is 2. The summed E-state index contributed by atoms with van der Waals surface area (Å²) >= 11 is 1.65. The van der Waals surface area contributed by atoms with E-state index in [1.54, 1.807) is 11.8 Å². The average molecular weight is 721 g/mol. The van der Waals surface area contributed by atoms with Gasteiger partial charge in [0, 0.05) is 17.9 Å². The molecule has 5 rings (SSSR count). The Balaban J connectivity index is 1.20. The maximum atomic E-state index is 13.7. The molecule has 0 saturated heterocycles. The lowest BCUT2D eigenvalue weighted by Gasteiger charge is -2.24. The van der Waals surface area contributed by atoms with Crippen LogP contribution in [0, 0.1) is 11.8 Å². The molecular weight excluding hydrogens is 673 g/mol. The second-order valence-electron chi connectivity index (χ2n) is 13.1. The molecule has 8 nitrogen and oxygen atoms in total. The number of amides is 2. The second kappa shape index (κ2) is 20.9. The predicted molar refractivity (Wildman–Crippen MR) is 206 cm³/mol. The predicted octanol–water partition coefficient (Wildman–Crippen LogP) is 6.46. The fraction of sp³-hybridized carbons (Fsp3) is 0.326. The smallest absolute Gasteiger partial charge is 0.309 e. The molecular formula is C43H48N2O6S. The normalized spacial score (nSPS) is 18.6. The van der Waals surface area contributed by atoms with Gasteiger partial charge in [-0.2, -0.15) is 11.8 Å². The van der Waals surface area contributed by atoms with Gasteiger partial charge in [-0.3, -0.25) is 14.4 Å². The van der Waals surface area contributed by atoms with Gasteiger partial charge < -0.3 is 25.2 Å². The Bertz CT molecular complexity index is 1700. The van der Waals surface area contributed by atoms with Crippen LogP contribution in [0.3, 0.4) is 0 Å². The molecule has 0 aliphatic carbocycles. The molecule has 4 aromatic carbocycles. The van der Waals surface area contributed by atoms with Crippen LogP contribution >= 0.6 is 11.8 Å². The van der Waals surface area contributed by atoms with Crippen molar-refractivity contribution in [2.24, 2.45) is 11.8 Å². The lowest BCUT2D eigenvalue weighted by molar-refractivity contribution is -0.149. The fourth-order valence-corrected chi connectivity index (χ4v) is 7.04. The lowest BCUT2D eigenvalue weighted by atomic mass is 9.94. The molecule has 1 aliphatic heterocycles. The number of esters is 1. The van der Waals surface area contributed by atoms with Crippen LogP contribution in [-0.2, 0) is 44.3 Å². The van der Waals surface area contributed by atoms with Crippen molar-refractivity contribution < 1.29 is 29.0 Å². The van der Waals surface area contributed by atoms with Crippen molar-refractivity contribution in [1.82, 2.24) is 10.6 Å². The van der Waals surface area contributed by atoms with E-state index in [1.807, 2.05) is 115 Å². The molecule has 52 heavy (non-hydrogen) atoms. The third-order valence-corrected chi connectivity index (χ3v) is 10.1. The summed E-state index contributed by atoms with van der Waals surface area (Å²) in [5.74, 6) is 0.134. The van der Waals surface area contributed by atoms with Gasteiger partial charge in [0.25, 0.3) is 0 Å². The summed E-state index contributed by atoms with van der Waals surface area (Å²) < 4.78 is 11.7. The van der Waals surface area contributed by atoms with Gasteiger partial charge in [0.1, 0.15) is 19.0 Å². The highest BCUT2D eigenvalue weighted by atomic mass is 32.2. The van der Waals surface area contributed by atoms with Gasteiger partial charge in [0.2, 0.25) is 11.8 Å². The standard InChI is InChI=1S/C43H48N2O6S/c46-27-38(25-33-20-22-40(23-21-33)50-28-34-14-6-2-7-15-34)44-41(47)26-36-18-10-11-19-37(24-32-12-4-1-5-13-32)43(49)51-29-39(45-42(36)48)31-52-30-35-16-8-3-9-17-35/h1-17,20-23,36-39,46H,18-19,24-31H2,(H,44,47)(H,45,48). The van der Waals surface area contributed by atoms with Crippen molar-refractivity contribution in [2.75, 3.05) is 19.0 Å². The maximum absolute atomic E-state index is 13.7. The van der Waals surface area contributed by atoms with Crippen LogP contribution in [0.2, 0.25) is 0 Å². The first-order valence-electron chi connectivity index (χ1n) is 17.9. The van der Waals surface area contributed by atoms with E-state index >= 15 is 0 Å². The number of allylic oxidation sites excluding steroid dienone is 2. The molecule has 0 aromatic heterocycles. The number of carbonyl (C=O) groups is 3. The van der Waals surface area contributed by atoms with E-state index in [9.17, 15) is 19.5 Å². The number of nitrogens with one attached hydrogen (secondary N) is 2. The highest BCUT2D eigenvalue weighted by Crippen LogP contribution is 2.21. The molecule has 0 bridgehead atoms. The number of rotatable bonds is 15. The molecule has 0 spiro atoms. The Morgan fingerprint density at radius 3 is 2.08 bits per heavy atom. The zero-order valence-corrected chi connectivity index (χ0v) is 30.2. The van der Waals surface area contributed by atoms with Crippen molar-refractivity contribution in [2.45, 2.75) is 56.5 Å². The van der Waals surface area contributed by atoms with Gasteiger partial charge in [-0.25, -0.2) is 0 Å². The largest absolute Gasteiger partial charge is 0.489 e. The minimum atomic E-state index is -0.638. The minimum Gasteiger partial charge on any atom is -0.489 e. The zero-order valence-electron chi connectivity index (χ0n) is 29.4. The van der Waals surface area contributed by atoms with Crippen LogP contribution in [0.1, 0.15) is 41.5 Å². The second-order valence-corrected chi connectivity index (χ2v) is 14.2. The SMILES string of the molecule is O=C(CC1CC=CCC(Cc2ccccc2)C(=O)OCC(CSCc2ccccc2)NC1=O)NC(CO)Cc1ccc(OCc2ccccc2)cc1. The first-order valence-corrected chi connectivity index (χ1v) is 19.0. The van der Waals surface area contributed by atoms with Crippen LogP contribution in [0.4, 0.5) is 0 Å². The first-order chi connectivity index (χ1) is 25.4. The maximum Gasteiger partial charge on any atom is 0.309 e. The summed E-state index contributed by atoms with van der Waals surface area (Å²) in [6.07, 6.45) is 5.51. The number of hydrogen-bond donors (Lipinski definition) is 3. The Labute approximate surface area is 311 Å². The molecule has 4 atom stereocenters. The molecule has 4 unspecified atom stereocenters. The van der Waals surface area contributed by atoms with Gasteiger partial charge >= 0.3 is 5.97 Å². The molecule has 0 fully saturated rings. The number of cyclic esters (lactones) is 1. The molecule has 272 valence electrons. The third-order valence-electron chi connectivity index (χ3n) is 8.91. The molecule has 1 heterocycles. The highest BCUT2D eigenvalue weighted by Gasteiger charge is 2.27. The quantitative estimate of drug-likeness (QED) is 0.0955. The summed E-state index contributed by atoms with van der Waals surface area (Å²) in [5.41, 5.74) is 4.23. The summed E-state index contributed by atoms with van der Waals surface area (Å²) in [5, 5.41) is 16.2. The summed E-state index contributed by atoms with van der Waals surface area (Å²) in [6.45, 7) is 0.263. The van der Waals surface area contributed by atoms with Crippen LogP contribution < -0.4 is 15.4 Å². The number of aliphatic hydroxyl groups excluding tert-OH is 1. The van der Waals surface area contributed by atoms with Gasteiger partial charge in [0.15, 0.2) is 0 Å². The Morgan fingerprint density at radius 1 is 0.808 bits per heavy atom. The van der Waals surface area contributed by atoms with Gasteiger partial charge in [-0.1, -0.05) is 115 Å². The lowest BCUT2D eigenvalue weighted by Crippen LogP contribution is -2.46. The summed E-state index contributed by atoms with van der Waals surface area (Å²) in [6, 6.07) is 36.5. The number of carbonyl (C=O) groups excluding carboxylic acids is 3. The van der Waals surface area contributed by atoms with Crippen molar-refractivity contribution in [3.05, 3.63) is 150 Å². The molecule has 3 N–H and O–H groups in total. The summed E-state index contributed by atoms with van der Waals surface area (Å²) in [7, 11) is 0. The number of aliphatic hydroxyl groups is 1. The van der Waals surface area contributed by atoms with Crippen molar-refractivity contribution in [3.8, 4) is 5.75 Å². The zero-order chi connectivity index (χ0) is 36.4.